The van der Waals surface area contributed by atoms with Crippen LogP contribution < -0.4 is 10.6 Å². The van der Waals surface area contributed by atoms with Crippen molar-refractivity contribution < 1.29 is 8.42 Å². The van der Waals surface area contributed by atoms with Crippen molar-refractivity contribution >= 4 is 56.2 Å². The normalized spacial score (nSPS) is 15.7. The van der Waals surface area contributed by atoms with Gasteiger partial charge in [-0.2, -0.15) is 0 Å². The van der Waals surface area contributed by atoms with Gasteiger partial charge in [-0.05, 0) is 17.7 Å². The number of guanidine groups is 1. The van der Waals surface area contributed by atoms with Crippen molar-refractivity contribution in [3.05, 3.63) is 41.4 Å². The molecule has 1 aromatic carbocycles. The molecule has 26 heavy (non-hydrogen) atoms. The number of thiazole rings is 1. The summed E-state index contributed by atoms with van der Waals surface area (Å²) in [6.45, 7) is 3.78. The molecular weight excluding hydrogens is 485 g/mol. The Kier molecular flexibility index (Phi) is 7.24. The second-order valence-corrected chi connectivity index (χ2v) is 8.77. The number of piperazine rings is 1. The van der Waals surface area contributed by atoms with Crippen LogP contribution in [0.15, 0.2) is 45.7 Å². The van der Waals surface area contributed by atoms with Gasteiger partial charge in [-0.1, -0.05) is 12.1 Å². The molecule has 2 heterocycles. The monoisotopic (exact) mass is 507 g/mol. The van der Waals surface area contributed by atoms with Gasteiger partial charge in [0.05, 0.1) is 11.4 Å². The van der Waals surface area contributed by atoms with Crippen LogP contribution in [0.1, 0.15) is 5.56 Å². The van der Waals surface area contributed by atoms with Gasteiger partial charge >= 0.3 is 0 Å². The van der Waals surface area contributed by atoms with Crippen LogP contribution in [0.5, 0.6) is 0 Å². The minimum Gasteiger partial charge on any atom is -0.370 e. The van der Waals surface area contributed by atoms with Crippen molar-refractivity contribution in [1.29, 1.82) is 0 Å². The number of hydrogen-bond donors (Lipinski definition) is 1. The minimum atomic E-state index is -3.17. The molecule has 1 aliphatic rings. The van der Waals surface area contributed by atoms with Crippen LogP contribution in [0.25, 0.3) is 0 Å². The number of aliphatic imine (C=N–C) groups is 1. The molecule has 0 bridgehead atoms. The van der Waals surface area contributed by atoms with Gasteiger partial charge in [-0.3, -0.25) is 0 Å². The molecule has 3 rings (SSSR count). The zero-order valence-corrected chi connectivity index (χ0v) is 18.4. The first-order chi connectivity index (χ1) is 11.9. The number of nitrogens with zero attached hydrogens (tertiary/aromatic N) is 4. The molecule has 1 saturated heterocycles. The SMILES string of the molecule is CS(=O)(=O)c1ccc(CN=C(N)N2CCN(c3nccs3)CC2)cc1.I. The summed E-state index contributed by atoms with van der Waals surface area (Å²) in [6, 6.07) is 6.74. The number of nitrogens with two attached hydrogens (primary N) is 1. The van der Waals surface area contributed by atoms with E-state index in [1.165, 1.54) is 6.26 Å². The molecule has 2 N–H and O–H groups in total. The highest BCUT2D eigenvalue weighted by Gasteiger charge is 2.19. The van der Waals surface area contributed by atoms with E-state index < -0.39 is 9.84 Å². The van der Waals surface area contributed by atoms with Crippen LogP contribution >= 0.6 is 35.3 Å². The van der Waals surface area contributed by atoms with Crippen molar-refractivity contribution in [3.63, 3.8) is 0 Å². The van der Waals surface area contributed by atoms with Gasteiger partial charge < -0.3 is 15.5 Å². The molecule has 1 fully saturated rings. The number of hydrogen-bond acceptors (Lipinski definition) is 6. The van der Waals surface area contributed by atoms with Crippen molar-refractivity contribution in [2.45, 2.75) is 11.4 Å². The average molecular weight is 507 g/mol. The second-order valence-electron chi connectivity index (χ2n) is 5.88. The number of halogens is 1. The molecule has 142 valence electrons. The zero-order valence-electron chi connectivity index (χ0n) is 14.4. The lowest BCUT2D eigenvalue weighted by Crippen LogP contribution is -2.51. The Morgan fingerprint density at radius 3 is 2.42 bits per heavy atom. The predicted octanol–water partition coefficient (Wildman–Crippen LogP) is 1.80. The molecule has 0 saturated carbocycles. The Morgan fingerprint density at radius 2 is 1.88 bits per heavy atom. The number of sulfone groups is 1. The largest absolute Gasteiger partial charge is 0.370 e. The van der Waals surface area contributed by atoms with Gasteiger partial charge in [-0.25, -0.2) is 18.4 Å². The smallest absolute Gasteiger partial charge is 0.191 e. The number of benzene rings is 1. The minimum absolute atomic E-state index is 0. The summed E-state index contributed by atoms with van der Waals surface area (Å²) in [5, 5.41) is 3.02. The average Bonchev–Trinajstić information content (AvgIpc) is 3.14. The maximum absolute atomic E-state index is 11.5. The first-order valence-corrected chi connectivity index (χ1v) is 10.7. The van der Waals surface area contributed by atoms with Gasteiger partial charge in [0.1, 0.15) is 0 Å². The summed E-state index contributed by atoms with van der Waals surface area (Å²) in [4.78, 5) is 13.4. The van der Waals surface area contributed by atoms with Crippen LogP contribution in [0.4, 0.5) is 5.13 Å². The molecular formula is C16H22IN5O2S2. The van der Waals surface area contributed by atoms with E-state index in [0.29, 0.717) is 17.4 Å². The predicted molar refractivity (Wildman–Crippen MR) is 116 cm³/mol. The van der Waals surface area contributed by atoms with Gasteiger partial charge in [0.2, 0.25) is 0 Å². The molecule has 1 aliphatic heterocycles. The van der Waals surface area contributed by atoms with Crippen LogP contribution in [-0.4, -0.2) is 56.7 Å². The summed E-state index contributed by atoms with van der Waals surface area (Å²) in [7, 11) is -3.17. The van der Waals surface area contributed by atoms with E-state index in [4.69, 9.17) is 5.73 Å². The molecule has 0 spiro atoms. The van der Waals surface area contributed by atoms with Crippen molar-refractivity contribution in [3.8, 4) is 0 Å². The maximum Gasteiger partial charge on any atom is 0.191 e. The Bertz CT molecular complexity index is 830. The van der Waals surface area contributed by atoms with Crippen molar-refractivity contribution in [2.24, 2.45) is 10.7 Å². The molecule has 0 amide bonds. The highest BCUT2D eigenvalue weighted by molar-refractivity contribution is 14.0. The van der Waals surface area contributed by atoms with Gasteiger partial charge in [-0.15, -0.1) is 35.3 Å². The van der Waals surface area contributed by atoms with E-state index in [1.807, 2.05) is 11.6 Å². The van der Waals surface area contributed by atoms with Gasteiger partial charge in [0, 0.05) is 44.0 Å². The van der Waals surface area contributed by atoms with Crippen LogP contribution in [-0.2, 0) is 16.4 Å². The van der Waals surface area contributed by atoms with Crippen LogP contribution in [0, 0.1) is 0 Å². The molecule has 7 nitrogen and oxygen atoms in total. The quantitative estimate of drug-likeness (QED) is 0.386. The van der Waals surface area contributed by atoms with E-state index in [-0.39, 0.29) is 24.0 Å². The molecule has 2 aromatic rings. The molecule has 0 unspecified atom stereocenters. The molecule has 0 aliphatic carbocycles. The van der Waals surface area contributed by atoms with E-state index in [0.717, 1.165) is 36.9 Å². The lowest BCUT2D eigenvalue weighted by molar-refractivity contribution is 0.380. The Hall–Kier alpha value is -1.40. The molecule has 10 heteroatoms. The van der Waals surface area contributed by atoms with E-state index in [9.17, 15) is 8.42 Å². The molecule has 0 atom stereocenters. The topological polar surface area (TPSA) is 91.9 Å². The number of anilines is 1. The van der Waals surface area contributed by atoms with Gasteiger partial charge in [0.25, 0.3) is 0 Å². The highest BCUT2D eigenvalue weighted by Crippen LogP contribution is 2.18. The van der Waals surface area contributed by atoms with E-state index in [1.54, 1.807) is 35.6 Å². The Morgan fingerprint density at radius 1 is 1.23 bits per heavy atom. The third-order valence-electron chi connectivity index (χ3n) is 4.07. The van der Waals surface area contributed by atoms with Crippen LogP contribution in [0.3, 0.4) is 0 Å². The Labute approximate surface area is 174 Å². The van der Waals surface area contributed by atoms with Crippen molar-refractivity contribution in [1.82, 2.24) is 9.88 Å². The molecule has 1 aromatic heterocycles. The number of rotatable bonds is 4. The summed E-state index contributed by atoms with van der Waals surface area (Å²) in [5.74, 6) is 0.519. The fourth-order valence-corrected chi connectivity index (χ4v) is 3.94. The lowest BCUT2D eigenvalue weighted by Gasteiger charge is -2.35. The third kappa shape index (κ3) is 5.30. The first kappa shape index (κ1) is 20.9. The summed E-state index contributed by atoms with van der Waals surface area (Å²) < 4.78 is 22.9. The van der Waals surface area contributed by atoms with Crippen molar-refractivity contribution in [2.75, 3.05) is 37.3 Å². The lowest BCUT2D eigenvalue weighted by atomic mass is 10.2. The number of aromatic nitrogens is 1. The molecule has 0 radical (unpaired) electrons. The second kappa shape index (κ2) is 9.00. The zero-order chi connectivity index (χ0) is 17.9. The summed E-state index contributed by atoms with van der Waals surface area (Å²) >= 11 is 1.64. The van der Waals surface area contributed by atoms with E-state index in [2.05, 4.69) is 19.8 Å². The van der Waals surface area contributed by atoms with Crippen LogP contribution in [0.2, 0.25) is 0 Å². The fourth-order valence-electron chi connectivity index (χ4n) is 2.61. The maximum atomic E-state index is 11.5. The summed E-state index contributed by atoms with van der Waals surface area (Å²) in [5.41, 5.74) is 7.04. The standard InChI is InChI=1S/C16H21N5O2S2.HI/c1-25(22,23)14-4-2-13(3-5-14)12-19-15(17)20-7-9-21(10-8-20)16-18-6-11-24-16;/h2-6,11H,7-10,12H2,1H3,(H2,17,19);1H. The van der Waals surface area contributed by atoms with Gasteiger partial charge in [0.15, 0.2) is 20.9 Å². The first-order valence-electron chi connectivity index (χ1n) is 7.92. The fraction of sp³-hybridized carbons (Fsp3) is 0.375. The summed E-state index contributed by atoms with van der Waals surface area (Å²) in [6.07, 6.45) is 3.01. The Balaban J connectivity index is 0.00000243. The van der Waals surface area contributed by atoms with E-state index >= 15 is 0 Å². The highest BCUT2D eigenvalue weighted by atomic mass is 127. The third-order valence-corrected chi connectivity index (χ3v) is 6.03.